The highest BCUT2D eigenvalue weighted by Gasteiger charge is 2.32. The van der Waals surface area contributed by atoms with Crippen molar-refractivity contribution >= 4 is 26.8 Å². The third-order valence-corrected chi connectivity index (χ3v) is 8.19. The van der Waals surface area contributed by atoms with Gasteiger partial charge in [-0.25, -0.2) is 8.42 Å². The molecule has 4 aromatic rings. The topological polar surface area (TPSA) is 102 Å². The number of furan rings is 1. The maximum Gasteiger partial charge on any atom is 0.245 e. The zero-order valence-corrected chi connectivity index (χ0v) is 21.3. The van der Waals surface area contributed by atoms with Crippen molar-refractivity contribution in [3.63, 3.8) is 0 Å². The summed E-state index contributed by atoms with van der Waals surface area (Å²) in [5.41, 5.74) is 1.19. The van der Waals surface area contributed by atoms with Gasteiger partial charge in [-0.1, -0.05) is 24.3 Å². The molecular formula is C27H27N3O6S. The van der Waals surface area contributed by atoms with Gasteiger partial charge in [0.15, 0.2) is 11.5 Å². The predicted molar refractivity (Wildman–Crippen MR) is 136 cm³/mol. The normalized spacial score (nSPS) is 13.0. The van der Waals surface area contributed by atoms with Crippen molar-refractivity contribution in [1.82, 2.24) is 14.2 Å². The maximum absolute atomic E-state index is 13.8. The monoisotopic (exact) mass is 521 g/mol. The maximum atomic E-state index is 13.8. The zero-order chi connectivity index (χ0) is 26.0. The standard InChI is InChI=1S/C27H27N3O6S/c1-19(2)30(37(32,33)25-9-3-6-21-7-4-12-28-27(21)25)17-26(31)29(16-22-8-5-13-34-22)15-20-10-11-23-24(14-20)36-18-35-23/h3-14,19H,15-18H2,1-2H3. The van der Waals surface area contributed by atoms with Crippen LogP contribution in [0.1, 0.15) is 25.2 Å². The minimum Gasteiger partial charge on any atom is -0.467 e. The molecule has 0 fully saturated rings. The van der Waals surface area contributed by atoms with E-state index >= 15 is 0 Å². The van der Waals surface area contributed by atoms with Crippen molar-refractivity contribution in [3.05, 3.63) is 84.4 Å². The van der Waals surface area contributed by atoms with Crippen molar-refractivity contribution in [2.45, 2.75) is 37.9 Å². The van der Waals surface area contributed by atoms with Gasteiger partial charge in [0.05, 0.1) is 24.9 Å². The molecular weight excluding hydrogens is 494 g/mol. The summed E-state index contributed by atoms with van der Waals surface area (Å²) < 4.78 is 45.2. The Hall–Kier alpha value is -3.89. The lowest BCUT2D eigenvalue weighted by Crippen LogP contribution is -2.45. The number of aromatic nitrogens is 1. The highest BCUT2D eigenvalue weighted by molar-refractivity contribution is 7.89. The number of carbonyl (C=O) groups excluding carboxylic acids is 1. The van der Waals surface area contributed by atoms with E-state index in [2.05, 4.69) is 4.98 Å². The van der Waals surface area contributed by atoms with Crippen LogP contribution in [0.3, 0.4) is 0 Å². The van der Waals surface area contributed by atoms with Crippen LogP contribution >= 0.6 is 0 Å². The fourth-order valence-electron chi connectivity index (χ4n) is 4.27. The van der Waals surface area contributed by atoms with Crippen molar-refractivity contribution in [2.24, 2.45) is 0 Å². The van der Waals surface area contributed by atoms with Gasteiger partial charge in [0.2, 0.25) is 22.7 Å². The number of fused-ring (bicyclic) bond motifs is 2. The Morgan fingerprint density at radius 2 is 1.81 bits per heavy atom. The first-order valence-electron chi connectivity index (χ1n) is 11.9. The second-order valence-electron chi connectivity index (χ2n) is 8.99. The SMILES string of the molecule is CC(C)N(CC(=O)N(Cc1ccc2c(c1)OCO2)Cc1ccco1)S(=O)(=O)c1cccc2cccnc12. The van der Waals surface area contributed by atoms with Crippen LogP contribution < -0.4 is 9.47 Å². The van der Waals surface area contributed by atoms with Gasteiger partial charge in [0.25, 0.3) is 0 Å². The first-order chi connectivity index (χ1) is 17.8. The molecule has 0 bridgehead atoms. The van der Waals surface area contributed by atoms with Crippen molar-refractivity contribution in [2.75, 3.05) is 13.3 Å². The minimum atomic E-state index is -4.04. The lowest BCUT2D eigenvalue weighted by Gasteiger charge is -2.29. The van der Waals surface area contributed by atoms with E-state index in [1.54, 1.807) is 55.3 Å². The van der Waals surface area contributed by atoms with Crippen LogP contribution in [-0.2, 0) is 27.9 Å². The quantitative estimate of drug-likeness (QED) is 0.326. The van der Waals surface area contributed by atoms with Gasteiger partial charge in [-0.05, 0) is 55.8 Å². The van der Waals surface area contributed by atoms with E-state index < -0.39 is 16.1 Å². The van der Waals surface area contributed by atoms with Gasteiger partial charge in [0, 0.05) is 24.2 Å². The molecule has 2 aromatic heterocycles. The summed E-state index contributed by atoms with van der Waals surface area (Å²) in [5, 5.41) is 0.709. The molecule has 1 aliphatic heterocycles. The number of pyridine rings is 1. The van der Waals surface area contributed by atoms with Crippen molar-refractivity contribution < 1.29 is 27.1 Å². The highest BCUT2D eigenvalue weighted by atomic mass is 32.2. The summed E-state index contributed by atoms with van der Waals surface area (Å²) in [4.78, 5) is 19.6. The van der Waals surface area contributed by atoms with E-state index in [4.69, 9.17) is 13.9 Å². The van der Waals surface area contributed by atoms with Crippen LogP contribution in [0.2, 0.25) is 0 Å². The Bertz CT molecular complexity index is 1510. The number of benzene rings is 2. The third kappa shape index (κ3) is 5.16. The molecule has 2 aromatic carbocycles. The van der Waals surface area contributed by atoms with Crippen LogP contribution in [0.15, 0.2) is 82.4 Å². The first kappa shape index (κ1) is 24.8. The fraction of sp³-hybridized carbons (Fsp3) is 0.259. The van der Waals surface area contributed by atoms with E-state index in [1.165, 1.54) is 16.6 Å². The van der Waals surface area contributed by atoms with Crippen molar-refractivity contribution in [3.8, 4) is 11.5 Å². The molecule has 1 amide bonds. The van der Waals surface area contributed by atoms with E-state index in [0.717, 1.165) is 5.56 Å². The lowest BCUT2D eigenvalue weighted by molar-refractivity contribution is -0.133. The minimum absolute atomic E-state index is 0.0699. The Kier molecular flexibility index (Phi) is 6.86. The number of sulfonamides is 1. The average Bonchev–Trinajstić information content (AvgIpc) is 3.58. The molecule has 0 saturated heterocycles. The smallest absolute Gasteiger partial charge is 0.245 e. The summed E-state index contributed by atoms with van der Waals surface area (Å²) in [7, 11) is -4.04. The largest absolute Gasteiger partial charge is 0.467 e. The summed E-state index contributed by atoms with van der Waals surface area (Å²) in [6, 6.07) is 17.1. The summed E-state index contributed by atoms with van der Waals surface area (Å²) in [5.74, 6) is 1.48. The molecule has 0 aliphatic carbocycles. The number of nitrogens with zero attached hydrogens (tertiary/aromatic N) is 3. The molecule has 37 heavy (non-hydrogen) atoms. The summed E-state index contributed by atoms with van der Waals surface area (Å²) >= 11 is 0. The molecule has 1 aliphatic rings. The molecule has 0 unspecified atom stereocenters. The van der Waals surface area contributed by atoms with Gasteiger partial charge < -0.3 is 18.8 Å². The molecule has 192 valence electrons. The number of hydrogen-bond donors (Lipinski definition) is 0. The molecule has 3 heterocycles. The van der Waals surface area contributed by atoms with E-state index in [1.807, 2.05) is 24.3 Å². The van der Waals surface area contributed by atoms with Crippen LogP contribution in [0.5, 0.6) is 11.5 Å². The van der Waals surface area contributed by atoms with E-state index in [0.29, 0.717) is 28.2 Å². The number of para-hydroxylation sites is 1. The molecule has 0 saturated carbocycles. The molecule has 0 spiro atoms. The van der Waals surface area contributed by atoms with Gasteiger partial charge >= 0.3 is 0 Å². The van der Waals surface area contributed by atoms with Crippen molar-refractivity contribution in [1.29, 1.82) is 0 Å². The molecule has 0 atom stereocenters. The molecule has 5 rings (SSSR count). The summed E-state index contributed by atoms with van der Waals surface area (Å²) in [6.07, 6.45) is 3.10. The van der Waals surface area contributed by atoms with E-state index in [-0.39, 0.29) is 37.2 Å². The average molecular weight is 522 g/mol. The van der Waals surface area contributed by atoms with Crippen LogP contribution in [0, 0.1) is 0 Å². The number of amides is 1. The lowest BCUT2D eigenvalue weighted by atomic mass is 10.2. The van der Waals surface area contributed by atoms with Crippen LogP contribution in [0.25, 0.3) is 10.9 Å². The Labute approximate surface area is 215 Å². The molecule has 10 heteroatoms. The predicted octanol–water partition coefficient (Wildman–Crippen LogP) is 4.18. The molecule has 0 radical (unpaired) electrons. The molecule has 0 N–H and O–H groups in total. The second kappa shape index (κ2) is 10.2. The number of hydrogen-bond acceptors (Lipinski definition) is 7. The zero-order valence-electron chi connectivity index (χ0n) is 20.5. The van der Waals surface area contributed by atoms with Gasteiger partial charge in [-0.3, -0.25) is 9.78 Å². The Morgan fingerprint density at radius 1 is 1.00 bits per heavy atom. The van der Waals surface area contributed by atoms with Crippen LogP contribution in [0.4, 0.5) is 0 Å². The van der Waals surface area contributed by atoms with Gasteiger partial charge in [0.1, 0.15) is 10.7 Å². The Balaban J connectivity index is 1.44. The van der Waals surface area contributed by atoms with Crippen LogP contribution in [-0.4, -0.2) is 47.9 Å². The number of rotatable bonds is 9. The van der Waals surface area contributed by atoms with E-state index in [9.17, 15) is 13.2 Å². The van der Waals surface area contributed by atoms with Gasteiger partial charge in [-0.15, -0.1) is 0 Å². The first-order valence-corrected chi connectivity index (χ1v) is 13.3. The number of ether oxygens (including phenoxy) is 2. The summed E-state index contributed by atoms with van der Waals surface area (Å²) in [6.45, 7) is 3.72. The Morgan fingerprint density at radius 3 is 2.59 bits per heavy atom. The molecule has 9 nitrogen and oxygen atoms in total. The van der Waals surface area contributed by atoms with Gasteiger partial charge in [-0.2, -0.15) is 4.31 Å². The highest BCUT2D eigenvalue weighted by Crippen LogP contribution is 2.33. The number of carbonyl (C=O) groups is 1. The third-order valence-electron chi connectivity index (χ3n) is 6.14. The second-order valence-corrected chi connectivity index (χ2v) is 10.9. The fourth-order valence-corrected chi connectivity index (χ4v) is 6.03.